The van der Waals surface area contributed by atoms with E-state index in [9.17, 15) is 10.2 Å². The Labute approximate surface area is 174 Å². The molecule has 0 aliphatic heterocycles. The number of aliphatic imine (C=N–C) groups is 2. The zero-order chi connectivity index (χ0) is 21.0. The van der Waals surface area contributed by atoms with Crippen molar-refractivity contribution in [1.82, 2.24) is 0 Å². The largest absolute Gasteiger partial charge is 0.507 e. The lowest BCUT2D eigenvalue weighted by atomic mass is 10.0. The lowest BCUT2D eigenvalue weighted by molar-refractivity contribution is 0.473. The van der Waals surface area contributed by atoms with Gasteiger partial charge in [-0.3, -0.25) is 9.98 Å². The quantitative estimate of drug-likeness (QED) is 0.610. The van der Waals surface area contributed by atoms with E-state index < -0.39 is 0 Å². The number of benzene rings is 2. The summed E-state index contributed by atoms with van der Waals surface area (Å²) in [7, 11) is 0. The van der Waals surface area contributed by atoms with E-state index in [1.54, 1.807) is 24.6 Å². The summed E-state index contributed by atoms with van der Waals surface area (Å²) in [5, 5.41) is 20.3. The second-order valence-corrected chi connectivity index (χ2v) is 8.57. The molecule has 2 aromatic carbocycles. The van der Waals surface area contributed by atoms with E-state index in [0.29, 0.717) is 11.8 Å². The summed E-state index contributed by atoms with van der Waals surface area (Å²) in [6, 6.07) is 11.6. The van der Waals surface area contributed by atoms with Gasteiger partial charge in [0.2, 0.25) is 0 Å². The summed E-state index contributed by atoms with van der Waals surface area (Å²) in [4.78, 5) is 9.51. The molecule has 1 saturated carbocycles. The van der Waals surface area contributed by atoms with Gasteiger partial charge < -0.3 is 10.2 Å². The van der Waals surface area contributed by atoms with Crippen LogP contribution in [-0.2, 0) is 0 Å². The minimum absolute atomic E-state index is 0.101. The van der Waals surface area contributed by atoms with Crippen LogP contribution in [0.5, 0.6) is 11.5 Å². The van der Waals surface area contributed by atoms with Crippen LogP contribution in [0.15, 0.2) is 46.4 Å². The number of aromatic hydroxyl groups is 2. The molecule has 2 atom stereocenters. The Hall–Kier alpha value is -2.62. The highest BCUT2D eigenvalue weighted by Gasteiger charge is 2.25. The van der Waals surface area contributed by atoms with E-state index in [2.05, 4.69) is 27.7 Å². The number of nitrogens with zero attached hydrogens (tertiary/aromatic N) is 2. The lowest BCUT2D eigenvalue weighted by Crippen LogP contribution is -2.16. The molecule has 1 aliphatic rings. The van der Waals surface area contributed by atoms with Crippen LogP contribution in [0.3, 0.4) is 0 Å². The third-order valence-electron chi connectivity index (χ3n) is 5.69. The van der Waals surface area contributed by atoms with Crippen LogP contribution < -0.4 is 0 Å². The van der Waals surface area contributed by atoms with Crippen LogP contribution in [0, 0.1) is 0 Å². The minimum atomic E-state index is 0.101. The number of hydrogen-bond donors (Lipinski definition) is 2. The van der Waals surface area contributed by atoms with E-state index in [-0.39, 0.29) is 23.6 Å². The predicted octanol–water partition coefficient (Wildman–Crippen LogP) is 5.80. The second kappa shape index (κ2) is 9.25. The Morgan fingerprint density at radius 1 is 0.759 bits per heavy atom. The number of hydrogen-bond acceptors (Lipinski definition) is 4. The van der Waals surface area contributed by atoms with Gasteiger partial charge in [0, 0.05) is 23.6 Å². The fourth-order valence-electron chi connectivity index (χ4n) is 3.69. The van der Waals surface area contributed by atoms with Crippen molar-refractivity contribution in [2.75, 3.05) is 0 Å². The average molecular weight is 393 g/mol. The van der Waals surface area contributed by atoms with Crippen molar-refractivity contribution >= 4 is 12.4 Å². The summed E-state index contributed by atoms with van der Waals surface area (Å²) >= 11 is 0. The Morgan fingerprint density at radius 2 is 1.17 bits per heavy atom. The van der Waals surface area contributed by atoms with Crippen LogP contribution in [0.1, 0.15) is 81.0 Å². The third kappa shape index (κ3) is 5.26. The molecule has 3 rings (SSSR count). The second-order valence-electron chi connectivity index (χ2n) is 8.57. The maximum Gasteiger partial charge on any atom is 0.124 e. The fraction of sp³-hybridized carbons (Fsp3) is 0.440. The highest BCUT2D eigenvalue weighted by atomic mass is 16.3. The zero-order valence-electron chi connectivity index (χ0n) is 17.8. The molecular formula is C25H32N2O2. The van der Waals surface area contributed by atoms with E-state index in [1.807, 2.05) is 24.3 Å². The average Bonchev–Trinajstić information content (AvgIpc) is 3.13. The van der Waals surface area contributed by atoms with Gasteiger partial charge in [-0.1, -0.05) is 39.8 Å². The zero-order valence-corrected chi connectivity index (χ0v) is 17.8. The first-order chi connectivity index (χ1) is 13.8. The molecule has 2 N–H and O–H groups in total. The predicted molar refractivity (Wildman–Crippen MR) is 121 cm³/mol. The van der Waals surface area contributed by atoms with Gasteiger partial charge in [0.15, 0.2) is 0 Å². The Morgan fingerprint density at radius 3 is 1.55 bits per heavy atom. The van der Waals surface area contributed by atoms with Crippen LogP contribution in [-0.4, -0.2) is 34.7 Å². The van der Waals surface area contributed by atoms with Gasteiger partial charge in [-0.25, -0.2) is 0 Å². The van der Waals surface area contributed by atoms with E-state index in [0.717, 1.165) is 30.4 Å². The molecule has 0 aromatic heterocycles. The molecule has 1 aliphatic carbocycles. The fourth-order valence-corrected chi connectivity index (χ4v) is 3.69. The van der Waals surface area contributed by atoms with Gasteiger partial charge in [-0.2, -0.15) is 0 Å². The molecule has 29 heavy (non-hydrogen) atoms. The normalized spacial score (nSPS) is 19.9. The van der Waals surface area contributed by atoms with Crippen molar-refractivity contribution in [3.63, 3.8) is 0 Å². The molecule has 0 amide bonds. The maximum absolute atomic E-state index is 10.2. The molecule has 0 radical (unpaired) electrons. The van der Waals surface area contributed by atoms with Gasteiger partial charge in [-0.05, 0) is 66.5 Å². The number of phenols is 2. The van der Waals surface area contributed by atoms with E-state index in [4.69, 9.17) is 9.98 Å². The van der Waals surface area contributed by atoms with Crippen molar-refractivity contribution in [2.45, 2.75) is 70.9 Å². The summed E-state index contributed by atoms with van der Waals surface area (Å²) in [6.45, 7) is 8.55. The topological polar surface area (TPSA) is 65.2 Å². The summed E-state index contributed by atoms with van der Waals surface area (Å²) in [5.74, 6) is 1.32. The van der Waals surface area contributed by atoms with Gasteiger partial charge in [-0.15, -0.1) is 0 Å². The molecule has 1 fully saturated rings. The van der Waals surface area contributed by atoms with Crippen molar-refractivity contribution in [3.05, 3.63) is 58.7 Å². The standard InChI is InChI=1S/C25H32N2O2/c1-16(2)18-8-10-24(28)20(12-18)14-26-22-6-5-7-23(22)27-15-21-13-19(17(3)4)9-11-25(21)29/h8-17,22-23,28-29H,5-7H2,1-4H3. The molecule has 2 aromatic rings. The summed E-state index contributed by atoms with van der Waals surface area (Å²) in [5.41, 5.74) is 3.89. The Balaban J connectivity index is 1.76. The molecular weight excluding hydrogens is 360 g/mol. The van der Waals surface area contributed by atoms with Crippen molar-refractivity contribution in [3.8, 4) is 11.5 Å². The maximum atomic E-state index is 10.2. The number of phenolic OH excluding ortho intramolecular Hbond substituents is 2. The van der Waals surface area contributed by atoms with Crippen molar-refractivity contribution < 1.29 is 10.2 Å². The van der Waals surface area contributed by atoms with Gasteiger partial charge >= 0.3 is 0 Å². The highest BCUT2D eigenvalue weighted by molar-refractivity contribution is 5.85. The van der Waals surface area contributed by atoms with Crippen LogP contribution in [0.4, 0.5) is 0 Å². The molecule has 4 nitrogen and oxygen atoms in total. The smallest absolute Gasteiger partial charge is 0.124 e. The lowest BCUT2D eigenvalue weighted by Gasteiger charge is -2.12. The molecule has 0 spiro atoms. The van der Waals surface area contributed by atoms with Gasteiger partial charge in [0.25, 0.3) is 0 Å². The first-order valence-electron chi connectivity index (χ1n) is 10.6. The molecule has 0 saturated heterocycles. The monoisotopic (exact) mass is 392 g/mol. The van der Waals surface area contributed by atoms with Crippen LogP contribution >= 0.6 is 0 Å². The molecule has 154 valence electrons. The molecule has 0 bridgehead atoms. The number of rotatable bonds is 6. The Kier molecular flexibility index (Phi) is 6.73. The molecule has 2 unspecified atom stereocenters. The minimum Gasteiger partial charge on any atom is -0.507 e. The molecule has 0 heterocycles. The van der Waals surface area contributed by atoms with Crippen molar-refractivity contribution in [1.29, 1.82) is 0 Å². The molecule has 4 heteroatoms. The van der Waals surface area contributed by atoms with Crippen LogP contribution in [0.25, 0.3) is 0 Å². The third-order valence-corrected chi connectivity index (χ3v) is 5.69. The SMILES string of the molecule is CC(C)c1ccc(O)c(C=NC2CCCC2N=Cc2cc(C(C)C)ccc2O)c1. The van der Waals surface area contributed by atoms with E-state index >= 15 is 0 Å². The first kappa shape index (κ1) is 21.1. The summed E-state index contributed by atoms with van der Waals surface area (Å²) in [6.07, 6.45) is 6.63. The van der Waals surface area contributed by atoms with E-state index in [1.165, 1.54) is 11.1 Å². The first-order valence-corrected chi connectivity index (χ1v) is 10.6. The summed E-state index contributed by atoms with van der Waals surface area (Å²) < 4.78 is 0. The van der Waals surface area contributed by atoms with Gasteiger partial charge in [0.05, 0.1) is 12.1 Å². The van der Waals surface area contributed by atoms with Gasteiger partial charge in [0.1, 0.15) is 11.5 Å². The highest BCUT2D eigenvalue weighted by Crippen LogP contribution is 2.28. The van der Waals surface area contributed by atoms with Crippen molar-refractivity contribution in [2.24, 2.45) is 9.98 Å². The Bertz CT molecular complexity index is 826. The van der Waals surface area contributed by atoms with Crippen LogP contribution in [0.2, 0.25) is 0 Å².